The minimum Gasteiger partial charge on any atom is -0.328 e. The quantitative estimate of drug-likeness (QED) is 0.532. The number of nitrogens with two attached hydrogens (primary N) is 1. The summed E-state index contributed by atoms with van der Waals surface area (Å²) in [6, 6.07) is 1.12. The molecule has 0 aromatic carbocycles. The summed E-state index contributed by atoms with van der Waals surface area (Å²) in [4.78, 5) is 0. The van der Waals surface area contributed by atoms with Gasteiger partial charge in [-0.1, -0.05) is 6.08 Å². The van der Waals surface area contributed by atoms with Crippen molar-refractivity contribution in [2.45, 2.75) is 24.9 Å². The van der Waals surface area contributed by atoms with Gasteiger partial charge in [0.15, 0.2) is 0 Å². The van der Waals surface area contributed by atoms with Crippen LogP contribution >= 0.6 is 0 Å². The molecule has 0 radical (unpaired) electrons. The second kappa shape index (κ2) is 2.99. The molecule has 0 aromatic heterocycles. The highest BCUT2D eigenvalue weighted by atomic mass is 14.9. The summed E-state index contributed by atoms with van der Waals surface area (Å²) in [6.45, 7) is 4.53. The summed E-state index contributed by atoms with van der Waals surface area (Å²) in [6.07, 6.45) is 4.14. The van der Waals surface area contributed by atoms with Gasteiger partial charge in [0.1, 0.15) is 0 Å². The Kier molecular flexibility index (Phi) is 2.25. The summed E-state index contributed by atoms with van der Waals surface area (Å²) >= 11 is 0. The molecular weight excluding hydrogens is 112 g/mol. The van der Waals surface area contributed by atoms with Crippen LogP contribution in [-0.2, 0) is 0 Å². The molecule has 0 amide bonds. The first-order valence-electron chi connectivity index (χ1n) is 3.43. The fraction of sp³-hybridized carbons (Fsp3) is 0.714. The minimum atomic E-state index is 0.451. The van der Waals surface area contributed by atoms with Crippen LogP contribution in [0.3, 0.4) is 0 Å². The zero-order chi connectivity index (χ0) is 6.69. The Morgan fingerprint density at radius 2 is 2.33 bits per heavy atom. The zero-order valence-electron chi connectivity index (χ0n) is 5.64. The predicted octanol–water partition coefficient (Wildman–Crippen LogP) is 0.252. The van der Waals surface area contributed by atoms with Gasteiger partial charge in [0.2, 0.25) is 0 Å². The third-order valence-electron chi connectivity index (χ3n) is 1.73. The highest BCUT2D eigenvalue weighted by Gasteiger charge is 2.24. The van der Waals surface area contributed by atoms with Crippen molar-refractivity contribution >= 4 is 0 Å². The molecular formula is C7H14N2. The van der Waals surface area contributed by atoms with E-state index in [9.17, 15) is 0 Å². The van der Waals surface area contributed by atoms with Crippen LogP contribution in [0.2, 0.25) is 0 Å². The second-order valence-corrected chi connectivity index (χ2v) is 2.63. The van der Waals surface area contributed by atoms with Crippen molar-refractivity contribution in [1.82, 2.24) is 5.32 Å². The van der Waals surface area contributed by atoms with Gasteiger partial charge in [-0.3, -0.25) is 0 Å². The molecule has 1 fully saturated rings. The molecule has 1 rings (SSSR count). The molecule has 3 N–H and O–H groups in total. The van der Waals surface area contributed by atoms with Crippen LogP contribution in [0.1, 0.15) is 12.8 Å². The minimum absolute atomic E-state index is 0.451. The van der Waals surface area contributed by atoms with Crippen molar-refractivity contribution in [3.8, 4) is 0 Å². The molecule has 1 saturated carbocycles. The summed E-state index contributed by atoms with van der Waals surface area (Å²) in [5.74, 6) is 0. The molecule has 52 valence electrons. The lowest BCUT2D eigenvalue weighted by Crippen LogP contribution is -2.48. The Hall–Kier alpha value is -0.340. The Morgan fingerprint density at radius 3 is 2.78 bits per heavy atom. The Balaban J connectivity index is 1.97. The van der Waals surface area contributed by atoms with Crippen LogP contribution in [0.4, 0.5) is 0 Å². The van der Waals surface area contributed by atoms with Gasteiger partial charge in [-0.05, 0) is 12.8 Å². The van der Waals surface area contributed by atoms with E-state index >= 15 is 0 Å². The van der Waals surface area contributed by atoms with Gasteiger partial charge in [-0.25, -0.2) is 0 Å². The summed E-state index contributed by atoms with van der Waals surface area (Å²) < 4.78 is 0. The zero-order valence-corrected chi connectivity index (χ0v) is 5.64. The summed E-state index contributed by atoms with van der Waals surface area (Å²) in [7, 11) is 0. The van der Waals surface area contributed by atoms with Crippen molar-refractivity contribution in [3.63, 3.8) is 0 Å². The molecule has 0 atom stereocenters. The number of rotatable bonds is 3. The largest absolute Gasteiger partial charge is 0.328 e. The van der Waals surface area contributed by atoms with Gasteiger partial charge in [0.25, 0.3) is 0 Å². The van der Waals surface area contributed by atoms with E-state index in [2.05, 4.69) is 11.9 Å². The average Bonchev–Trinajstić information content (AvgIpc) is 1.78. The molecule has 0 spiro atoms. The monoisotopic (exact) mass is 126 g/mol. The maximum Gasteiger partial charge on any atom is 0.0134 e. The highest BCUT2D eigenvalue weighted by molar-refractivity contribution is 4.89. The first-order valence-corrected chi connectivity index (χ1v) is 3.43. The van der Waals surface area contributed by atoms with Crippen LogP contribution in [-0.4, -0.2) is 18.6 Å². The molecule has 0 saturated heterocycles. The lowest BCUT2D eigenvalue weighted by Gasteiger charge is -2.32. The molecule has 1 aliphatic carbocycles. The van der Waals surface area contributed by atoms with E-state index in [0.717, 1.165) is 19.4 Å². The van der Waals surface area contributed by atoms with E-state index in [0.29, 0.717) is 12.1 Å². The molecule has 0 heterocycles. The average molecular weight is 126 g/mol. The van der Waals surface area contributed by atoms with Crippen molar-refractivity contribution < 1.29 is 0 Å². The van der Waals surface area contributed by atoms with E-state index in [4.69, 9.17) is 5.73 Å². The fourth-order valence-corrected chi connectivity index (χ4v) is 1.08. The van der Waals surface area contributed by atoms with E-state index in [1.54, 1.807) is 0 Å². The third-order valence-corrected chi connectivity index (χ3v) is 1.73. The second-order valence-electron chi connectivity index (χ2n) is 2.63. The van der Waals surface area contributed by atoms with Gasteiger partial charge >= 0.3 is 0 Å². The van der Waals surface area contributed by atoms with Crippen molar-refractivity contribution in [2.75, 3.05) is 6.54 Å². The normalized spacial score (nSPS) is 33.4. The van der Waals surface area contributed by atoms with Gasteiger partial charge in [-0.15, -0.1) is 6.58 Å². The molecule has 0 bridgehead atoms. The SMILES string of the molecule is C=CCNC1CC(N)C1. The van der Waals surface area contributed by atoms with Crippen LogP contribution in [0.5, 0.6) is 0 Å². The highest BCUT2D eigenvalue weighted by Crippen LogP contribution is 2.16. The van der Waals surface area contributed by atoms with E-state index in [1.165, 1.54) is 0 Å². The fourth-order valence-electron chi connectivity index (χ4n) is 1.08. The molecule has 9 heavy (non-hydrogen) atoms. The molecule has 2 heteroatoms. The molecule has 1 aliphatic rings. The molecule has 0 aromatic rings. The van der Waals surface area contributed by atoms with E-state index < -0.39 is 0 Å². The van der Waals surface area contributed by atoms with Gasteiger partial charge in [0, 0.05) is 18.6 Å². The van der Waals surface area contributed by atoms with Crippen molar-refractivity contribution in [1.29, 1.82) is 0 Å². The molecule has 2 nitrogen and oxygen atoms in total. The van der Waals surface area contributed by atoms with Gasteiger partial charge in [-0.2, -0.15) is 0 Å². The molecule has 0 aliphatic heterocycles. The maximum absolute atomic E-state index is 5.57. The topological polar surface area (TPSA) is 38.0 Å². The summed E-state index contributed by atoms with van der Waals surface area (Å²) in [5.41, 5.74) is 5.57. The predicted molar refractivity (Wildman–Crippen MR) is 39.2 cm³/mol. The standard InChI is InChI=1S/C7H14N2/c1-2-3-9-7-4-6(8)5-7/h2,6-7,9H,1,3-5,8H2. The number of nitrogens with one attached hydrogen (secondary N) is 1. The Morgan fingerprint density at radius 1 is 1.67 bits per heavy atom. The van der Waals surface area contributed by atoms with Gasteiger partial charge in [0.05, 0.1) is 0 Å². The van der Waals surface area contributed by atoms with E-state index in [1.807, 2.05) is 6.08 Å². The smallest absolute Gasteiger partial charge is 0.0134 e. The Labute approximate surface area is 56.1 Å². The van der Waals surface area contributed by atoms with Crippen LogP contribution < -0.4 is 11.1 Å². The first kappa shape index (κ1) is 6.78. The first-order chi connectivity index (χ1) is 4.33. The maximum atomic E-state index is 5.57. The lowest BCUT2D eigenvalue weighted by molar-refractivity contribution is 0.301. The van der Waals surface area contributed by atoms with Crippen LogP contribution in [0.25, 0.3) is 0 Å². The molecule has 0 unspecified atom stereocenters. The lowest BCUT2D eigenvalue weighted by atomic mass is 9.88. The Bertz CT molecular complexity index is 95.1. The summed E-state index contributed by atoms with van der Waals surface area (Å²) in [5, 5.41) is 3.30. The van der Waals surface area contributed by atoms with Gasteiger partial charge < -0.3 is 11.1 Å². The van der Waals surface area contributed by atoms with Crippen LogP contribution in [0, 0.1) is 0 Å². The number of hydrogen-bond acceptors (Lipinski definition) is 2. The van der Waals surface area contributed by atoms with E-state index in [-0.39, 0.29) is 0 Å². The third kappa shape index (κ3) is 1.80. The van der Waals surface area contributed by atoms with Crippen molar-refractivity contribution in [2.24, 2.45) is 5.73 Å². The van der Waals surface area contributed by atoms with Crippen molar-refractivity contribution in [3.05, 3.63) is 12.7 Å². The number of hydrogen-bond donors (Lipinski definition) is 2. The van der Waals surface area contributed by atoms with Crippen LogP contribution in [0.15, 0.2) is 12.7 Å².